The molecule has 2 unspecified atom stereocenters. The number of hydrogen-bond acceptors (Lipinski definition) is 6. The molecule has 212 valence electrons. The topological polar surface area (TPSA) is 75.6 Å². The van der Waals surface area contributed by atoms with Crippen molar-refractivity contribution in [2.24, 2.45) is 4.99 Å². The van der Waals surface area contributed by atoms with Gasteiger partial charge in [-0.2, -0.15) is 13.2 Å². The number of anilines is 1. The number of methoxy groups -OCH3 is 1. The fourth-order valence-corrected chi connectivity index (χ4v) is 5.62. The van der Waals surface area contributed by atoms with E-state index in [-0.39, 0.29) is 37.2 Å². The van der Waals surface area contributed by atoms with Gasteiger partial charge >= 0.3 is 6.18 Å². The molecule has 1 fully saturated rings. The maximum Gasteiger partial charge on any atom is 0.413 e. The molecule has 0 saturated heterocycles. The van der Waals surface area contributed by atoms with Crippen LogP contribution in [0.4, 0.5) is 27.6 Å². The first-order chi connectivity index (χ1) is 18.8. The van der Waals surface area contributed by atoms with Crippen molar-refractivity contribution >= 4 is 26.8 Å². The monoisotopic (exact) mass is 578 g/mol. The van der Waals surface area contributed by atoms with Gasteiger partial charge in [0.1, 0.15) is 23.1 Å². The summed E-state index contributed by atoms with van der Waals surface area (Å²) in [4.78, 5) is 9.26. The molecule has 2 aromatic carbocycles. The molecule has 1 aliphatic heterocycles. The van der Waals surface area contributed by atoms with Crippen molar-refractivity contribution in [1.29, 1.82) is 0 Å². The number of hydrogen-bond donors (Lipinski definition) is 2. The number of nitrogens with one attached hydrogen (secondary N) is 2. The van der Waals surface area contributed by atoms with Gasteiger partial charge in [-0.05, 0) is 76.3 Å². The van der Waals surface area contributed by atoms with Crippen molar-refractivity contribution in [1.82, 2.24) is 10.3 Å². The Hall–Kier alpha value is -3.51. The maximum atomic E-state index is 13.9. The molecule has 0 spiro atoms. The van der Waals surface area contributed by atoms with E-state index in [9.17, 15) is 26.2 Å². The summed E-state index contributed by atoms with van der Waals surface area (Å²) < 4.78 is 86.9. The molecule has 0 radical (unpaired) electrons. The van der Waals surface area contributed by atoms with Crippen molar-refractivity contribution in [3.8, 4) is 17.0 Å². The molecule has 5 rings (SSSR count). The Morgan fingerprint density at radius 1 is 1.15 bits per heavy atom. The molecule has 1 aromatic heterocycles. The third-order valence-electron chi connectivity index (χ3n) is 6.90. The second-order valence-electron chi connectivity index (χ2n) is 10.1. The molecule has 2 aliphatic rings. The van der Waals surface area contributed by atoms with Gasteiger partial charge in [-0.1, -0.05) is 0 Å². The van der Waals surface area contributed by atoms with Crippen molar-refractivity contribution in [2.75, 3.05) is 18.7 Å². The van der Waals surface area contributed by atoms with E-state index in [0.717, 1.165) is 6.07 Å². The summed E-state index contributed by atoms with van der Waals surface area (Å²) in [5, 5.41) is 6.31. The summed E-state index contributed by atoms with van der Waals surface area (Å²) >= 11 is 0. The first-order valence-corrected chi connectivity index (χ1v) is 14.5. The standard InChI is InChI=1S/C28H27F5N4O2S/c1-39-23-7-4-17(12-24(23)40(2,3)38)20-5-6-21-26(36-20)22(37-27(8-9-27)28(31,32)33)14-25(35-21)34-15-16-10-18(29)13-19(30)11-16/h4-7,10-13,25,34-35H,2,8-9,14-15H2,1,3H3. The first-order valence-electron chi connectivity index (χ1n) is 12.4. The van der Waals surface area contributed by atoms with Crippen LogP contribution >= 0.6 is 0 Å². The van der Waals surface area contributed by atoms with E-state index in [2.05, 4.69) is 26.5 Å². The Morgan fingerprint density at radius 2 is 1.85 bits per heavy atom. The molecule has 0 bridgehead atoms. The summed E-state index contributed by atoms with van der Waals surface area (Å²) in [5.74, 6) is 2.69. The van der Waals surface area contributed by atoms with Crippen LogP contribution in [0.5, 0.6) is 5.75 Å². The van der Waals surface area contributed by atoms with E-state index in [0.29, 0.717) is 33.2 Å². The third-order valence-corrected chi connectivity index (χ3v) is 8.14. The number of ether oxygens (including phenoxy) is 1. The van der Waals surface area contributed by atoms with Crippen LogP contribution in [-0.4, -0.2) is 52.0 Å². The largest absolute Gasteiger partial charge is 0.496 e. The maximum absolute atomic E-state index is 13.9. The van der Waals surface area contributed by atoms with Crippen molar-refractivity contribution < 1.29 is 30.9 Å². The van der Waals surface area contributed by atoms with Gasteiger partial charge in [0.25, 0.3) is 0 Å². The number of aliphatic imine (C=N–C) groups is 1. The van der Waals surface area contributed by atoms with Crippen LogP contribution in [0, 0.1) is 11.6 Å². The van der Waals surface area contributed by atoms with Crippen molar-refractivity contribution in [2.45, 2.75) is 48.6 Å². The molecule has 0 amide bonds. The van der Waals surface area contributed by atoms with Gasteiger partial charge in [-0.25, -0.2) is 13.8 Å². The van der Waals surface area contributed by atoms with Crippen LogP contribution < -0.4 is 15.4 Å². The molecule has 12 heteroatoms. The number of fused-ring (bicyclic) bond motifs is 1. The normalized spacial score (nSPS) is 20.4. The van der Waals surface area contributed by atoms with Crippen LogP contribution in [-0.2, 0) is 16.1 Å². The van der Waals surface area contributed by atoms with Crippen LogP contribution in [0.15, 0.2) is 58.4 Å². The number of halogens is 5. The number of aromatic nitrogens is 1. The number of pyridine rings is 1. The SMILES string of the molecule is C=S(C)(=O)c1cc(-c2ccc3c(n2)C(=NC2(C(F)(F)F)CC2)CC(NCc2cc(F)cc(F)c2)N3)ccc1OC. The molecule has 1 saturated carbocycles. The van der Waals surface area contributed by atoms with Gasteiger partial charge in [0.2, 0.25) is 0 Å². The summed E-state index contributed by atoms with van der Waals surface area (Å²) in [6, 6.07) is 11.5. The van der Waals surface area contributed by atoms with E-state index in [1.807, 2.05) is 0 Å². The molecule has 1 aliphatic carbocycles. The average molecular weight is 579 g/mol. The van der Waals surface area contributed by atoms with E-state index < -0.39 is 39.0 Å². The van der Waals surface area contributed by atoms with Crippen LogP contribution in [0.2, 0.25) is 0 Å². The minimum atomic E-state index is -4.51. The van der Waals surface area contributed by atoms with E-state index in [1.54, 1.807) is 30.3 Å². The van der Waals surface area contributed by atoms with E-state index in [4.69, 9.17) is 4.74 Å². The number of rotatable bonds is 7. The Kier molecular flexibility index (Phi) is 7.11. The predicted octanol–water partition coefficient (Wildman–Crippen LogP) is 5.56. The number of nitrogens with zero attached hydrogens (tertiary/aromatic N) is 2. The van der Waals surface area contributed by atoms with Gasteiger partial charge in [0.15, 0.2) is 5.54 Å². The highest BCUT2D eigenvalue weighted by Gasteiger charge is 2.64. The van der Waals surface area contributed by atoms with Gasteiger partial charge in [-0.15, -0.1) is 0 Å². The molecular formula is C28H27F5N4O2S. The zero-order valence-electron chi connectivity index (χ0n) is 21.7. The molecule has 40 heavy (non-hydrogen) atoms. The molecule has 2 N–H and O–H groups in total. The fraction of sp³-hybridized carbons (Fsp3) is 0.321. The molecule has 2 heterocycles. The van der Waals surface area contributed by atoms with Gasteiger partial charge < -0.3 is 10.1 Å². The van der Waals surface area contributed by atoms with Crippen molar-refractivity contribution in [3.63, 3.8) is 0 Å². The lowest BCUT2D eigenvalue weighted by Gasteiger charge is -2.30. The lowest BCUT2D eigenvalue weighted by Crippen LogP contribution is -2.42. The quantitative estimate of drug-likeness (QED) is 0.284. The minimum absolute atomic E-state index is 0.0502. The summed E-state index contributed by atoms with van der Waals surface area (Å²) in [7, 11) is -1.19. The molecule has 6 nitrogen and oxygen atoms in total. The molecule has 2 atom stereocenters. The second kappa shape index (κ2) is 10.2. The summed E-state index contributed by atoms with van der Waals surface area (Å²) in [5.41, 5.74) is 0.116. The lowest BCUT2D eigenvalue weighted by atomic mass is 10.0. The average Bonchev–Trinajstić information content (AvgIpc) is 3.67. The highest BCUT2D eigenvalue weighted by Crippen LogP contribution is 2.53. The Bertz CT molecular complexity index is 1580. The molecular weight excluding hydrogens is 551 g/mol. The number of alkyl halides is 3. The highest BCUT2D eigenvalue weighted by atomic mass is 32.2. The number of benzene rings is 2. The van der Waals surface area contributed by atoms with Crippen LogP contribution in [0.25, 0.3) is 11.3 Å². The Morgan fingerprint density at radius 3 is 2.45 bits per heavy atom. The van der Waals surface area contributed by atoms with Crippen molar-refractivity contribution in [3.05, 3.63) is 71.4 Å². The minimum Gasteiger partial charge on any atom is -0.496 e. The van der Waals surface area contributed by atoms with E-state index >= 15 is 0 Å². The molecule has 3 aromatic rings. The zero-order chi connectivity index (χ0) is 28.9. The van der Waals surface area contributed by atoms with E-state index in [1.165, 1.54) is 25.5 Å². The second-order valence-corrected chi connectivity index (χ2v) is 12.6. The van der Waals surface area contributed by atoms with Gasteiger partial charge in [0, 0.05) is 30.9 Å². The summed E-state index contributed by atoms with van der Waals surface area (Å²) in [6.45, 7) is 0.0703. The third kappa shape index (κ3) is 5.68. The van der Waals surface area contributed by atoms with Gasteiger partial charge in [-0.3, -0.25) is 14.5 Å². The Labute approximate surface area is 228 Å². The lowest BCUT2D eigenvalue weighted by molar-refractivity contribution is -0.155. The Balaban J connectivity index is 1.52. The first kappa shape index (κ1) is 28.0. The predicted molar refractivity (Wildman–Crippen MR) is 145 cm³/mol. The zero-order valence-corrected chi connectivity index (χ0v) is 22.6. The van der Waals surface area contributed by atoms with Gasteiger partial charge in [0.05, 0.1) is 35.3 Å². The fourth-order valence-electron chi connectivity index (χ4n) is 4.67. The van der Waals surface area contributed by atoms with Crippen LogP contribution in [0.1, 0.15) is 30.5 Å². The smallest absolute Gasteiger partial charge is 0.413 e. The van der Waals surface area contributed by atoms with Crippen LogP contribution in [0.3, 0.4) is 0 Å². The highest BCUT2D eigenvalue weighted by molar-refractivity contribution is 7.99. The summed E-state index contributed by atoms with van der Waals surface area (Å²) in [6.07, 6.45) is -3.77.